The van der Waals surface area contributed by atoms with Crippen LogP contribution in [0.25, 0.3) is 0 Å². The lowest BCUT2D eigenvalue weighted by atomic mass is 9.90. The summed E-state index contributed by atoms with van der Waals surface area (Å²) in [6.07, 6.45) is 0.531. The normalized spacial score (nSPS) is 13.8. The third kappa shape index (κ3) is 3.14. The van der Waals surface area contributed by atoms with Crippen molar-refractivity contribution in [2.75, 3.05) is 14.2 Å². The van der Waals surface area contributed by atoms with Gasteiger partial charge in [-0.25, -0.2) is 0 Å². The topological polar surface area (TPSA) is 38.7 Å². The Balaban J connectivity index is 2.25. The highest BCUT2D eigenvalue weighted by molar-refractivity contribution is 7.10. The molecule has 0 spiro atoms. The molecule has 0 radical (unpaired) electrons. The molecular formula is C16H20O3S. The summed E-state index contributed by atoms with van der Waals surface area (Å²) in [6, 6.07) is 7.76. The van der Waals surface area contributed by atoms with E-state index in [1.165, 1.54) is 4.88 Å². The molecule has 1 aromatic carbocycles. The molecule has 0 fully saturated rings. The molecule has 0 aliphatic rings. The van der Waals surface area contributed by atoms with Crippen molar-refractivity contribution in [3.63, 3.8) is 0 Å². The Bertz CT molecular complexity index is 587. The van der Waals surface area contributed by atoms with Crippen LogP contribution in [0.5, 0.6) is 11.5 Å². The quantitative estimate of drug-likeness (QED) is 0.916. The molecule has 0 aliphatic carbocycles. The summed E-state index contributed by atoms with van der Waals surface area (Å²) in [5.74, 6) is 1.38. The Kier molecular flexibility index (Phi) is 4.35. The molecule has 0 bridgehead atoms. The zero-order valence-corrected chi connectivity index (χ0v) is 13.1. The second kappa shape index (κ2) is 5.85. The van der Waals surface area contributed by atoms with Gasteiger partial charge >= 0.3 is 0 Å². The van der Waals surface area contributed by atoms with E-state index in [-0.39, 0.29) is 0 Å². The lowest BCUT2D eigenvalue weighted by molar-refractivity contribution is 0.0580. The van der Waals surface area contributed by atoms with Gasteiger partial charge in [-0.1, -0.05) is 6.07 Å². The Morgan fingerprint density at radius 2 is 1.85 bits per heavy atom. The minimum absolute atomic E-state index is 0.531. The maximum atomic E-state index is 10.7. The Hall–Kier alpha value is -1.52. The van der Waals surface area contributed by atoms with Gasteiger partial charge in [-0.05, 0) is 48.6 Å². The van der Waals surface area contributed by atoms with Crippen LogP contribution in [-0.2, 0) is 12.0 Å². The molecule has 0 saturated carbocycles. The summed E-state index contributed by atoms with van der Waals surface area (Å²) < 4.78 is 10.5. The number of benzene rings is 1. The molecule has 1 N–H and O–H groups in total. The molecule has 2 rings (SSSR count). The van der Waals surface area contributed by atoms with Crippen LogP contribution in [0, 0.1) is 6.92 Å². The zero-order chi connectivity index (χ0) is 14.8. The molecule has 3 nitrogen and oxygen atoms in total. The fraction of sp³-hybridized carbons (Fsp3) is 0.375. The number of hydrogen-bond acceptors (Lipinski definition) is 4. The highest BCUT2D eigenvalue weighted by Crippen LogP contribution is 2.33. The van der Waals surface area contributed by atoms with Gasteiger partial charge in [-0.15, -0.1) is 11.3 Å². The number of ether oxygens (including phenoxy) is 2. The van der Waals surface area contributed by atoms with E-state index in [1.807, 2.05) is 43.5 Å². The van der Waals surface area contributed by atoms with Gasteiger partial charge in [0.05, 0.1) is 19.8 Å². The van der Waals surface area contributed by atoms with Gasteiger partial charge < -0.3 is 14.6 Å². The largest absolute Gasteiger partial charge is 0.493 e. The van der Waals surface area contributed by atoms with Gasteiger partial charge in [0.15, 0.2) is 11.5 Å². The number of thiophene rings is 1. The Morgan fingerprint density at radius 1 is 1.15 bits per heavy atom. The minimum atomic E-state index is -0.885. The maximum Gasteiger partial charge on any atom is 0.160 e. The molecule has 4 heteroatoms. The summed E-state index contributed by atoms with van der Waals surface area (Å²) in [7, 11) is 3.23. The average Bonchev–Trinajstić information content (AvgIpc) is 2.85. The Morgan fingerprint density at radius 3 is 2.40 bits per heavy atom. The molecule has 20 heavy (non-hydrogen) atoms. The third-order valence-corrected chi connectivity index (χ3v) is 4.21. The number of hydrogen-bond donors (Lipinski definition) is 1. The van der Waals surface area contributed by atoms with Crippen LogP contribution >= 0.6 is 11.3 Å². The molecule has 1 heterocycles. The molecule has 1 atom stereocenters. The van der Waals surface area contributed by atoms with E-state index in [9.17, 15) is 5.11 Å². The van der Waals surface area contributed by atoms with Crippen molar-refractivity contribution in [1.82, 2.24) is 0 Å². The number of aliphatic hydroxyl groups is 1. The van der Waals surface area contributed by atoms with Crippen molar-refractivity contribution in [3.8, 4) is 11.5 Å². The first-order valence-electron chi connectivity index (χ1n) is 6.45. The molecule has 2 aromatic rings. The van der Waals surface area contributed by atoms with Crippen molar-refractivity contribution in [1.29, 1.82) is 0 Å². The minimum Gasteiger partial charge on any atom is -0.493 e. The monoisotopic (exact) mass is 292 g/mol. The summed E-state index contributed by atoms with van der Waals surface area (Å²) in [4.78, 5) is 1.20. The molecule has 0 saturated heterocycles. The van der Waals surface area contributed by atoms with Gasteiger partial charge in [0.25, 0.3) is 0 Å². The van der Waals surface area contributed by atoms with E-state index in [1.54, 1.807) is 25.6 Å². The molecule has 1 unspecified atom stereocenters. The summed E-state index contributed by atoms with van der Waals surface area (Å²) in [5.41, 5.74) is 1.08. The second-order valence-electron chi connectivity index (χ2n) is 5.09. The first-order valence-corrected chi connectivity index (χ1v) is 7.33. The molecule has 1 aromatic heterocycles. The smallest absolute Gasteiger partial charge is 0.160 e. The van der Waals surface area contributed by atoms with Crippen LogP contribution < -0.4 is 9.47 Å². The van der Waals surface area contributed by atoms with Crippen molar-refractivity contribution in [3.05, 3.63) is 45.6 Å². The van der Waals surface area contributed by atoms with Crippen molar-refractivity contribution >= 4 is 11.3 Å². The van der Waals surface area contributed by atoms with Crippen LogP contribution in [0.4, 0.5) is 0 Å². The van der Waals surface area contributed by atoms with Crippen molar-refractivity contribution in [2.24, 2.45) is 0 Å². The lowest BCUT2D eigenvalue weighted by Crippen LogP contribution is -2.23. The van der Waals surface area contributed by atoms with E-state index >= 15 is 0 Å². The Labute approximate surface area is 123 Å². The van der Waals surface area contributed by atoms with Crippen LogP contribution in [0.3, 0.4) is 0 Å². The van der Waals surface area contributed by atoms with Crippen molar-refractivity contribution < 1.29 is 14.6 Å². The van der Waals surface area contributed by atoms with Gasteiger partial charge in [-0.2, -0.15) is 0 Å². The van der Waals surface area contributed by atoms with Gasteiger partial charge in [0.1, 0.15) is 0 Å². The summed E-state index contributed by atoms with van der Waals surface area (Å²) in [5, 5.41) is 12.7. The number of rotatable bonds is 5. The van der Waals surface area contributed by atoms with E-state index in [2.05, 4.69) is 0 Å². The highest BCUT2D eigenvalue weighted by atomic mass is 32.1. The van der Waals surface area contributed by atoms with Gasteiger partial charge in [0.2, 0.25) is 0 Å². The predicted octanol–water partition coefficient (Wildman–Crippen LogP) is 3.52. The maximum absolute atomic E-state index is 10.7. The summed E-state index contributed by atoms with van der Waals surface area (Å²) >= 11 is 1.65. The van der Waals surface area contributed by atoms with E-state index in [0.717, 1.165) is 11.1 Å². The third-order valence-electron chi connectivity index (χ3n) is 3.35. The van der Waals surface area contributed by atoms with Crippen LogP contribution in [0.2, 0.25) is 0 Å². The fourth-order valence-electron chi connectivity index (χ4n) is 2.22. The fourth-order valence-corrected chi connectivity index (χ4v) is 3.05. The summed E-state index contributed by atoms with van der Waals surface area (Å²) in [6.45, 7) is 3.88. The van der Waals surface area contributed by atoms with Crippen LogP contribution in [0.15, 0.2) is 29.6 Å². The molecule has 108 valence electrons. The average molecular weight is 292 g/mol. The predicted molar refractivity (Wildman–Crippen MR) is 81.9 cm³/mol. The first kappa shape index (κ1) is 14.9. The van der Waals surface area contributed by atoms with E-state index in [4.69, 9.17) is 9.47 Å². The molecular weight excluding hydrogens is 272 g/mol. The van der Waals surface area contributed by atoms with E-state index in [0.29, 0.717) is 17.9 Å². The highest BCUT2D eigenvalue weighted by Gasteiger charge is 2.25. The lowest BCUT2D eigenvalue weighted by Gasteiger charge is -2.23. The van der Waals surface area contributed by atoms with Gasteiger partial charge in [0, 0.05) is 11.3 Å². The van der Waals surface area contributed by atoms with Crippen LogP contribution in [-0.4, -0.2) is 19.3 Å². The molecule has 0 amide bonds. The molecule has 0 aliphatic heterocycles. The zero-order valence-electron chi connectivity index (χ0n) is 12.3. The number of aryl methyl sites for hydroxylation is 1. The van der Waals surface area contributed by atoms with Crippen molar-refractivity contribution in [2.45, 2.75) is 25.9 Å². The van der Waals surface area contributed by atoms with E-state index < -0.39 is 5.60 Å². The number of methoxy groups -OCH3 is 2. The van der Waals surface area contributed by atoms with Crippen LogP contribution in [0.1, 0.15) is 22.9 Å². The second-order valence-corrected chi connectivity index (χ2v) is 6.20. The first-order chi connectivity index (χ1) is 9.46. The standard InChI is InChI=1S/C16H20O3S/c1-11-7-13(10-20-11)16(2,17)9-12-5-6-14(18-3)15(8-12)19-4/h5-8,10,17H,9H2,1-4H3. The van der Waals surface area contributed by atoms with Gasteiger partial charge in [-0.3, -0.25) is 0 Å². The SMILES string of the molecule is COc1ccc(CC(C)(O)c2csc(C)c2)cc1OC.